The Labute approximate surface area is 230 Å². The minimum absolute atomic E-state index is 0.0212. The largest absolute Gasteiger partial charge is 0.397 e. The van der Waals surface area contributed by atoms with Crippen molar-refractivity contribution in [2.24, 2.45) is 0 Å². The third kappa shape index (κ3) is 6.62. The number of likely N-dealkylation sites (tertiary alicyclic amines) is 1. The van der Waals surface area contributed by atoms with Gasteiger partial charge in [0.15, 0.2) is 12.1 Å². The smallest absolute Gasteiger partial charge is 0.394 e. The number of hydrogen-bond donors (Lipinski definition) is 2. The Bertz CT molecular complexity index is 1400. The second-order valence-electron chi connectivity index (χ2n) is 9.47. The Hall–Kier alpha value is -3.90. The van der Waals surface area contributed by atoms with Crippen LogP contribution in [0.2, 0.25) is 0 Å². The molecule has 0 radical (unpaired) electrons. The number of hydrogen-bond acceptors (Lipinski definition) is 8. The summed E-state index contributed by atoms with van der Waals surface area (Å²) in [6.07, 6.45) is -2.22. The SMILES string of the molecule is CN/C=C\c1c(C=O)c(Nc2ccc(S(=O)(=O)N(C)C)cc2)nn1C1(CC#N)CCN(C(=O)CC(F)(F)F)CC1. The first kappa shape index (κ1) is 30.6. The van der Waals surface area contributed by atoms with Gasteiger partial charge >= 0.3 is 6.18 Å². The number of rotatable bonds is 10. The molecule has 1 saturated heterocycles. The van der Waals surface area contributed by atoms with E-state index in [0.29, 0.717) is 17.7 Å². The monoisotopic (exact) mass is 581 g/mol. The first-order chi connectivity index (χ1) is 18.8. The number of halogens is 3. The fraction of sp³-hybridized carbons (Fsp3) is 0.440. The van der Waals surface area contributed by atoms with Crippen LogP contribution >= 0.6 is 0 Å². The summed E-state index contributed by atoms with van der Waals surface area (Å²) in [5.74, 6) is -0.897. The predicted molar refractivity (Wildman–Crippen MR) is 141 cm³/mol. The van der Waals surface area contributed by atoms with Gasteiger partial charge in [0.1, 0.15) is 6.42 Å². The number of benzene rings is 1. The van der Waals surface area contributed by atoms with Gasteiger partial charge in [-0.25, -0.2) is 12.7 Å². The van der Waals surface area contributed by atoms with Crippen molar-refractivity contribution >= 4 is 39.8 Å². The van der Waals surface area contributed by atoms with Crippen molar-refractivity contribution in [3.05, 3.63) is 41.7 Å². The molecule has 0 bridgehead atoms. The summed E-state index contributed by atoms with van der Waals surface area (Å²) in [6, 6.07) is 7.96. The number of nitriles is 1. The van der Waals surface area contributed by atoms with Crippen LogP contribution in [-0.4, -0.2) is 80.0 Å². The van der Waals surface area contributed by atoms with Crippen LogP contribution < -0.4 is 10.6 Å². The van der Waals surface area contributed by atoms with Crippen molar-refractivity contribution in [2.45, 2.75) is 42.3 Å². The molecule has 1 amide bonds. The van der Waals surface area contributed by atoms with Gasteiger partial charge in [-0.2, -0.15) is 23.5 Å². The van der Waals surface area contributed by atoms with Gasteiger partial charge in [0.05, 0.1) is 34.2 Å². The molecule has 3 rings (SSSR count). The number of aldehydes is 1. The molecule has 0 spiro atoms. The molecule has 11 nitrogen and oxygen atoms in total. The molecule has 1 aromatic heterocycles. The van der Waals surface area contributed by atoms with Crippen LogP contribution in [-0.2, 0) is 20.4 Å². The molecule has 0 atom stereocenters. The van der Waals surface area contributed by atoms with E-state index in [1.807, 2.05) is 0 Å². The molecule has 1 aliphatic heterocycles. The van der Waals surface area contributed by atoms with E-state index in [2.05, 4.69) is 21.8 Å². The van der Waals surface area contributed by atoms with E-state index in [9.17, 15) is 36.4 Å². The van der Waals surface area contributed by atoms with Crippen LogP contribution in [0.1, 0.15) is 41.7 Å². The average Bonchev–Trinajstić information content (AvgIpc) is 3.24. The van der Waals surface area contributed by atoms with Crippen LogP contribution in [0.3, 0.4) is 0 Å². The third-order valence-electron chi connectivity index (χ3n) is 6.64. The summed E-state index contributed by atoms with van der Waals surface area (Å²) in [7, 11) is 0.830. The molecule has 0 aliphatic carbocycles. The summed E-state index contributed by atoms with van der Waals surface area (Å²) in [4.78, 5) is 25.6. The highest BCUT2D eigenvalue weighted by atomic mass is 32.2. The third-order valence-corrected chi connectivity index (χ3v) is 8.47. The molecule has 1 fully saturated rings. The van der Waals surface area contributed by atoms with Gasteiger partial charge in [0.25, 0.3) is 0 Å². The number of anilines is 2. The Balaban J connectivity index is 1.99. The summed E-state index contributed by atoms with van der Waals surface area (Å²) in [6.45, 7) is -0.0424. The number of carbonyl (C=O) groups is 2. The number of nitrogens with one attached hydrogen (secondary N) is 2. The zero-order chi connectivity index (χ0) is 29.7. The van der Waals surface area contributed by atoms with Crippen molar-refractivity contribution in [3.63, 3.8) is 0 Å². The first-order valence-electron chi connectivity index (χ1n) is 12.2. The van der Waals surface area contributed by atoms with E-state index >= 15 is 0 Å². The highest BCUT2D eigenvalue weighted by molar-refractivity contribution is 7.89. The fourth-order valence-corrected chi connectivity index (χ4v) is 5.36. The second-order valence-corrected chi connectivity index (χ2v) is 11.6. The van der Waals surface area contributed by atoms with Crippen molar-refractivity contribution in [2.75, 3.05) is 39.5 Å². The molecule has 40 heavy (non-hydrogen) atoms. The Morgan fingerprint density at radius 3 is 2.35 bits per heavy atom. The van der Waals surface area contributed by atoms with E-state index in [4.69, 9.17) is 0 Å². The Morgan fingerprint density at radius 2 is 1.85 bits per heavy atom. The maximum absolute atomic E-state index is 12.8. The second kappa shape index (κ2) is 12.1. The van der Waals surface area contributed by atoms with E-state index in [0.717, 1.165) is 9.21 Å². The van der Waals surface area contributed by atoms with Gasteiger partial charge in [0.2, 0.25) is 15.9 Å². The van der Waals surface area contributed by atoms with Crippen molar-refractivity contribution in [1.82, 2.24) is 24.3 Å². The molecule has 2 aromatic rings. The van der Waals surface area contributed by atoms with E-state index in [1.165, 1.54) is 43.0 Å². The molecule has 15 heteroatoms. The molecule has 2 N–H and O–H groups in total. The molecular weight excluding hydrogens is 551 g/mol. The van der Waals surface area contributed by atoms with Gasteiger partial charge in [-0.15, -0.1) is 0 Å². The molecule has 0 saturated carbocycles. The summed E-state index contributed by atoms with van der Waals surface area (Å²) < 4.78 is 65.6. The highest BCUT2D eigenvalue weighted by Gasteiger charge is 2.42. The lowest BCUT2D eigenvalue weighted by Gasteiger charge is -2.41. The minimum atomic E-state index is -4.63. The highest BCUT2D eigenvalue weighted by Crippen LogP contribution is 2.38. The number of sulfonamides is 1. The number of amides is 1. The Morgan fingerprint density at radius 1 is 1.23 bits per heavy atom. The van der Waals surface area contributed by atoms with Crippen LogP contribution in [0, 0.1) is 11.3 Å². The molecule has 1 aromatic carbocycles. The number of carbonyl (C=O) groups excluding carboxylic acids is 2. The van der Waals surface area contributed by atoms with Gasteiger partial charge in [-0.1, -0.05) is 0 Å². The molecular formula is C25H30F3N7O4S. The van der Waals surface area contributed by atoms with Crippen LogP contribution in [0.4, 0.5) is 24.7 Å². The zero-order valence-corrected chi connectivity index (χ0v) is 23.0. The maximum atomic E-state index is 12.8. The van der Waals surface area contributed by atoms with Crippen molar-refractivity contribution < 1.29 is 31.2 Å². The average molecular weight is 582 g/mol. The quantitative estimate of drug-likeness (QED) is 0.408. The molecule has 1 aliphatic rings. The lowest BCUT2D eigenvalue weighted by Crippen LogP contribution is -2.49. The lowest BCUT2D eigenvalue weighted by molar-refractivity contribution is -0.162. The number of alkyl halides is 3. The van der Waals surface area contributed by atoms with Crippen molar-refractivity contribution in [1.29, 1.82) is 5.26 Å². The molecule has 216 valence electrons. The zero-order valence-electron chi connectivity index (χ0n) is 22.2. The molecule has 0 unspecified atom stereocenters. The van der Waals surface area contributed by atoms with Crippen LogP contribution in [0.15, 0.2) is 35.4 Å². The maximum Gasteiger partial charge on any atom is 0.397 e. The van der Waals surface area contributed by atoms with Gasteiger partial charge in [-0.05, 0) is 49.4 Å². The van der Waals surface area contributed by atoms with Crippen LogP contribution in [0.25, 0.3) is 6.08 Å². The number of nitrogens with zero attached hydrogens (tertiary/aromatic N) is 5. The lowest BCUT2D eigenvalue weighted by atomic mass is 9.84. The van der Waals surface area contributed by atoms with E-state index in [1.54, 1.807) is 19.3 Å². The summed E-state index contributed by atoms with van der Waals surface area (Å²) in [5.41, 5.74) is -0.0525. The summed E-state index contributed by atoms with van der Waals surface area (Å²) >= 11 is 0. The van der Waals surface area contributed by atoms with E-state index < -0.39 is 34.1 Å². The standard InChI is InChI=1S/C25H30F3N7O4S/c1-30-13-8-21-20(17-36)23(31-18-4-6-19(7-5-18)40(38,39)33(2)3)32-35(21)24(9-12-29)10-14-34(15-11-24)22(37)16-25(26,27)28/h4-8,13,17,30H,9-11,14-16H2,1-3H3,(H,31,32)/b13-8-. The van der Waals surface area contributed by atoms with Crippen molar-refractivity contribution in [3.8, 4) is 6.07 Å². The first-order valence-corrected chi connectivity index (χ1v) is 13.7. The normalized spacial score (nSPS) is 15.7. The Kier molecular flexibility index (Phi) is 9.26. The van der Waals surface area contributed by atoms with E-state index in [-0.39, 0.29) is 48.6 Å². The van der Waals surface area contributed by atoms with Gasteiger partial charge < -0.3 is 15.5 Å². The fourth-order valence-electron chi connectivity index (χ4n) is 4.46. The van der Waals surface area contributed by atoms with Gasteiger partial charge in [0, 0.05) is 39.9 Å². The van der Waals surface area contributed by atoms with Crippen LogP contribution in [0.5, 0.6) is 0 Å². The number of piperidine rings is 1. The summed E-state index contributed by atoms with van der Waals surface area (Å²) in [5, 5.41) is 20.1. The minimum Gasteiger partial charge on any atom is -0.394 e. The topological polar surface area (TPSA) is 140 Å². The predicted octanol–water partition coefficient (Wildman–Crippen LogP) is 3.06. The van der Waals surface area contributed by atoms with Gasteiger partial charge in [-0.3, -0.25) is 14.3 Å². The number of aromatic nitrogens is 2. The molecule has 2 heterocycles.